The quantitative estimate of drug-likeness (QED) is 0.588. The highest BCUT2D eigenvalue weighted by Crippen LogP contribution is 2.31. The summed E-state index contributed by atoms with van der Waals surface area (Å²) >= 11 is 17.9. The van der Waals surface area contributed by atoms with Gasteiger partial charge in [0.2, 0.25) is 9.84 Å². The summed E-state index contributed by atoms with van der Waals surface area (Å²) in [5, 5.41) is 9.63. The van der Waals surface area contributed by atoms with Crippen LogP contribution < -0.4 is 0 Å². The van der Waals surface area contributed by atoms with Crippen molar-refractivity contribution in [3.05, 3.63) is 68.4 Å². The summed E-state index contributed by atoms with van der Waals surface area (Å²) in [5.41, 5.74) is 0.796. The van der Waals surface area contributed by atoms with Gasteiger partial charge in [0.1, 0.15) is 11.7 Å². The number of rotatable bonds is 3. The lowest BCUT2D eigenvalue weighted by Gasteiger charge is -2.06. The van der Waals surface area contributed by atoms with Crippen molar-refractivity contribution >= 4 is 56.4 Å². The molecular formula is C16H8Cl3N3O2S. The Labute approximate surface area is 158 Å². The minimum atomic E-state index is -4.18. The van der Waals surface area contributed by atoms with Crippen molar-refractivity contribution < 1.29 is 8.42 Å². The van der Waals surface area contributed by atoms with E-state index in [1.807, 2.05) is 0 Å². The Kier molecular flexibility index (Phi) is 4.76. The number of hydrogen-bond donors (Lipinski definition) is 0. The minimum Gasteiger partial charge on any atom is -0.299 e. The van der Waals surface area contributed by atoms with E-state index in [9.17, 15) is 13.7 Å². The molecule has 0 aliphatic rings. The SMILES string of the molecule is N#C/C(=C/c1c(Cl)nc2ccccn12)S(=O)(=O)c1cc(Cl)ccc1Cl. The Morgan fingerprint density at radius 2 is 1.96 bits per heavy atom. The number of hydrogen-bond acceptors (Lipinski definition) is 4. The van der Waals surface area contributed by atoms with E-state index in [1.54, 1.807) is 34.9 Å². The van der Waals surface area contributed by atoms with Crippen LogP contribution in [0.5, 0.6) is 0 Å². The van der Waals surface area contributed by atoms with Crippen LogP contribution in [0.1, 0.15) is 5.69 Å². The summed E-state index contributed by atoms with van der Waals surface area (Å²) in [6.45, 7) is 0. The lowest BCUT2D eigenvalue weighted by molar-refractivity contribution is 0.603. The number of nitriles is 1. The molecule has 3 aromatic rings. The van der Waals surface area contributed by atoms with Crippen molar-refractivity contribution in [1.82, 2.24) is 9.38 Å². The fourth-order valence-corrected chi connectivity index (χ4v) is 4.33. The molecule has 5 nitrogen and oxygen atoms in total. The van der Waals surface area contributed by atoms with Gasteiger partial charge in [0, 0.05) is 11.2 Å². The van der Waals surface area contributed by atoms with Gasteiger partial charge in [-0.25, -0.2) is 13.4 Å². The molecule has 2 aromatic heterocycles. The standard InChI is InChI=1S/C16H8Cl3N3O2S/c17-10-4-5-12(18)14(7-10)25(23,24)11(9-20)8-13-16(19)21-15-3-1-2-6-22(13)15/h1-8H/b11-8-. The van der Waals surface area contributed by atoms with Crippen LogP contribution in [0.15, 0.2) is 52.4 Å². The molecule has 0 saturated carbocycles. The Bertz CT molecular complexity index is 1160. The molecule has 3 rings (SSSR count). The number of allylic oxidation sites excluding steroid dienone is 1. The first kappa shape index (κ1) is 17.8. The van der Waals surface area contributed by atoms with E-state index in [2.05, 4.69) is 4.98 Å². The molecule has 0 radical (unpaired) electrons. The number of sulfone groups is 1. The van der Waals surface area contributed by atoms with Crippen molar-refractivity contribution in [2.45, 2.75) is 4.90 Å². The van der Waals surface area contributed by atoms with Crippen molar-refractivity contribution in [3.63, 3.8) is 0 Å². The van der Waals surface area contributed by atoms with Gasteiger partial charge in [-0.1, -0.05) is 40.9 Å². The van der Waals surface area contributed by atoms with E-state index < -0.39 is 14.7 Å². The van der Waals surface area contributed by atoms with Gasteiger partial charge in [-0.3, -0.25) is 4.40 Å². The predicted octanol–water partition coefficient (Wildman–Crippen LogP) is 4.63. The lowest BCUT2D eigenvalue weighted by Crippen LogP contribution is -2.05. The number of nitrogens with zero attached hydrogens (tertiary/aromatic N) is 3. The number of pyridine rings is 1. The van der Waals surface area contributed by atoms with Crippen LogP contribution in [-0.4, -0.2) is 17.8 Å². The number of halogens is 3. The average molecular weight is 413 g/mol. The Morgan fingerprint density at radius 3 is 2.68 bits per heavy atom. The van der Waals surface area contributed by atoms with Gasteiger partial charge in [-0.05, 0) is 36.4 Å². The average Bonchev–Trinajstić information content (AvgIpc) is 2.89. The minimum absolute atomic E-state index is 0.0326. The maximum Gasteiger partial charge on any atom is 0.218 e. The third-order valence-corrected chi connectivity index (χ3v) is 6.03. The number of fused-ring (bicyclic) bond motifs is 1. The zero-order valence-electron chi connectivity index (χ0n) is 12.3. The van der Waals surface area contributed by atoms with Gasteiger partial charge in [-0.2, -0.15) is 5.26 Å². The molecule has 1 aromatic carbocycles. The third-order valence-electron chi connectivity index (χ3n) is 3.37. The van der Waals surface area contributed by atoms with E-state index in [0.717, 1.165) is 6.08 Å². The Hall–Kier alpha value is -2.04. The van der Waals surface area contributed by atoms with E-state index in [-0.39, 0.29) is 25.8 Å². The zero-order chi connectivity index (χ0) is 18.2. The number of aromatic nitrogens is 2. The van der Waals surface area contributed by atoms with Gasteiger partial charge in [0.25, 0.3) is 0 Å². The summed E-state index contributed by atoms with van der Waals surface area (Å²) < 4.78 is 27.2. The highest BCUT2D eigenvalue weighted by Gasteiger charge is 2.25. The molecule has 2 heterocycles. The second kappa shape index (κ2) is 6.70. The van der Waals surface area contributed by atoms with E-state index in [4.69, 9.17) is 34.8 Å². The van der Waals surface area contributed by atoms with Gasteiger partial charge >= 0.3 is 0 Å². The van der Waals surface area contributed by atoms with Crippen molar-refractivity contribution in [2.24, 2.45) is 0 Å². The summed E-state index contributed by atoms with van der Waals surface area (Å²) in [4.78, 5) is 3.34. The molecule has 0 spiro atoms. The van der Waals surface area contributed by atoms with Gasteiger partial charge < -0.3 is 0 Å². The van der Waals surface area contributed by atoms with Crippen LogP contribution in [0.4, 0.5) is 0 Å². The third kappa shape index (κ3) is 3.24. The van der Waals surface area contributed by atoms with Crippen LogP contribution in [0, 0.1) is 11.3 Å². The summed E-state index contributed by atoms with van der Waals surface area (Å²) in [6, 6.07) is 10.9. The second-order valence-corrected chi connectivity index (χ2v) is 8.00. The van der Waals surface area contributed by atoms with Gasteiger partial charge in [-0.15, -0.1) is 0 Å². The molecule has 9 heteroatoms. The van der Waals surface area contributed by atoms with Crippen molar-refractivity contribution in [2.75, 3.05) is 0 Å². The molecule has 0 atom stereocenters. The fourth-order valence-electron chi connectivity index (χ4n) is 2.21. The molecular weight excluding hydrogens is 405 g/mol. The van der Waals surface area contributed by atoms with E-state index in [1.165, 1.54) is 18.2 Å². The van der Waals surface area contributed by atoms with Crippen LogP contribution in [0.25, 0.3) is 11.7 Å². The van der Waals surface area contributed by atoms with Crippen LogP contribution >= 0.6 is 34.8 Å². The first-order valence-corrected chi connectivity index (χ1v) is 9.41. The topological polar surface area (TPSA) is 75.2 Å². The molecule has 25 heavy (non-hydrogen) atoms. The first-order chi connectivity index (χ1) is 11.8. The molecule has 0 unspecified atom stereocenters. The van der Waals surface area contributed by atoms with Crippen LogP contribution in [0.3, 0.4) is 0 Å². The Balaban J connectivity index is 2.23. The zero-order valence-corrected chi connectivity index (χ0v) is 15.4. The monoisotopic (exact) mass is 411 g/mol. The number of imidazole rings is 1. The lowest BCUT2D eigenvalue weighted by atomic mass is 10.4. The van der Waals surface area contributed by atoms with Crippen molar-refractivity contribution in [3.8, 4) is 6.07 Å². The largest absolute Gasteiger partial charge is 0.299 e. The molecule has 0 bridgehead atoms. The molecule has 126 valence electrons. The molecule has 0 amide bonds. The van der Waals surface area contributed by atoms with Crippen LogP contribution in [-0.2, 0) is 9.84 Å². The smallest absolute Gasteiger partial charge is 0.218 e. The highest BCUT2D eigenvalue weighted by molar-refractivity contribution is 7.95. The van der Waals surface area contributed by atoms with E-state index >= 15 is 0 Å². The summed E-state index contributed by atoms with van der Waals surface area (Å²) in [6.07, 6.45) is 2.82. The van der Waals surface area contributed by atoms with Crippen LogP contribution in [0.2, 0.25) is 15.2 Å². The van der Waals surface area contributed by atoms with Gasteiger partial charge in [0.15, 0.2) is 10.1 Å². The maximum atomic E-state index is 12.8. The van der Waals surface area contributed by atoms with Gasteiger partial charge in [0.05, 0.1) is 15.6 Å². The fraction of sp³-hybridized carbons (Fsp3) is 0. The molecule has 0 N–H and O–H groups in total. The summed E-state index contributed by atoms with van der Waals surface area (Å²) in [7, 11) is -4.18. The normalized spacial score (nSPS) is 12.3. The molecule has 0 aliphatic heterocycles. The summed E-state index contributed by atoms with van der Waals surface area (Å²) in [5.74, 6) is 0. The second-order valence-electron chi connectivity index (χ2n) is 4.92. The Morgan fingerprint density at radius 1 is 1.20 bits per heavy atom. The number of benzene rings is 1. The van der Waals surface area contributed by atoms with Crippen molar-refractivity contribution in [1.29, 1.82) is 5.26 Å². The predicted molar refractivity (Wildman–Crippen MR) is 97.4 cm³/mol. The maximum absolute atomic E-state index is 12.8. The molecule has 0 saturated heterocycles. The first-order valence-electron chi connectivity index (χ1n) is 6.79. The molecule has 0 aliphatic carbocycles. The molecule has 0 fully saturated rings. The highest BCUT2D eigenvalue weighted by atomic mass is 35.5. The van der Waals surface area contributed by atoms with E-state index in [0.29, 0.717) is 5.65 Å².